The van der Waals surface area contributed by atoms with Crippen molar-refractivity contribution in [3.63, 3.8) is 0 Å². The smallest absolute Gasteiger partial charge is 0.0351 e. The van der Waals surface area contributed by atoms with Gasteiger partial charge in [0.15, 0.2) is 0 Å². The lowest BCUT2D eigenvalue weighted by Gasteiger charge is -2.03. The number of rotatable bonds is 33. The SMILES string of the molecule is CCCCCCCC/C=C\CCCCCCCC/C=C\CCCCCCCCCCCCCCCCCC. The van der Waals surface area contributed by atoms with E-state index in [1.165, 1.54) is 205 Å². The summed E-state index contributed by atoms with van der Waals surface area (Å²) in [6.45, 7) is 4.60. The molecule has 0 unspecified atom stereocenters. The molecule has 0 atom stereocenters. The van der Waals surface area contributed by atoms with E-state index >= 15 is 0 Å². The molecular formula is C38H74. The van der Waals surface area contributed by atoms with Gasteiger partial charge < -0.3 is 0 Å². The number of unbranched alkanes of at least 4 members (excludes halogenated alkanes) is 29. The lowest BCUT2D eigenvalue weighted by molar-refractivity contribution is 0.530. The zero-order valence-electron chi connectivity index (χ0n) is 26.9. The molecule has 0 spiro atoms. The van der Waals surface area contributed by atoms with Crippen LogP contribution in [-0.2, 0) is 0 Å². The normalized spacial score (nSPS) is 11.9. The zero-order chi connectivity index (χ0) is 27.5. The Morgan fingerprint density at radius 3 is 0.553 bits per heavy atom. The molecule has 0 saturated carbocycles. The van der Waals surface area contributed by atoms with Crippen molar-refractivity contribution in [2.45, 2.75) is 219 Å². The first-order chi connectivity index (χ1) is 18.9. The Kier molecular flexibility index (Phi) is 36.0. The van der Waals surface area contributed by atoms with E-state index in [1.807, 2.05) is 0 Å². The van der Waals surface area contributed by atoms with E-state index in [0.29, 0.717) is 0 Å². The topological polar surface area (TPSA) is 0 Å². The number of hydrogen-bond acceptors (Lipinski definition) is 0. The second kappa shape index (κ2) is 36.5. The molecule has 0 aromatic heterocycles. The highest BCUT2D eigenvalue weighted by Gasteiger charge is 1.95. The standard InChI is InChI=1S/C38H74/c1-3-5-7-9-11-13-15-17-19-21-23-25-27-29-31-33-35-37-38-36-34-32-30-28-26-24-22-20-18-16-14-12-10-8-6-4-2/h17,19,37-38H,3-16,18,20-36H2,1-2H3/b19-17-,38-37-. The van der Waals surface area contributed by atoms with Crippen LogP contribution in [0, 0.1) is 0 Å². The van der Waals surface area contributed by atoms with Gasteiger partial charge in [-0.3, -0.25) is 0 Å². The molecule has 0 aliphatic carbocycles. The van der Waals surface area contributed by atoms with Gasteiger partial charge in [-0.1, -0.05) is 192 Å². The maximum absolute atomic E-state index is 2.46. The van der Waals surface area contributed by atoms with Gasteiger partial charge in [0, 0.05) is 0 Å². The van der Waals surface area contributed by atoms with Gasteiger partial charge >= 0.3 is 0 Å². The van der Waals surface area contributed by atoms with Crippen LogP contribution < -0.4 is 0 Å². The summed E-state index contributed by atoms with van der Waals surface area (Å²) in [5.41, 5.74) is 0. The summed E-state index contributed by atoms with van der Waals surface area (Å²) >= 11 is 0. The zero-order valence-corrected chi connectivity index (χ0v) is 26.9. The van der Waals surface area contributed by atoms with Crippen LogP contribution in [0.25, 0.3) is 0 Å². The highest BCUT2D eigenvalue weighted by molar-refractivity contribution is 4.82. The molecule has 0 nitrogen and oxygen atoms in total. The minimum absolute atomic E-state index is 1.30. The molecule has 38 heavy (non-hydrogen) atoms. The molecule has 226 valence electrons. The van der Waals surface area contributed by atoms with Crippen LogP contribution in [0.2, 0.25) is 0 Å². The van der Waals surface area contributed by atoms with Crippen molar-refractivity contribution in [1.82, 2.24) is 0 Å². The monoisotopic (exact) mass is 531 g/mol. The van der Waals surface area contributed by atoms with Crippen LogP contribution in [0.3, 0.4) is 0 Å². The average Bonchev–Trinajstić information content (AvgIpc) is 2.93. The molecule has 0 aliphatic rings. The van der Waals surface area contributed by atoms with Gasteiger partial charge in [-0.25, -0.2) is 0 Å². The molecule has 0 fully saturated rings. The predicted molar refractivity (Wildman–Crippen MR) is 177 cm³/mol. The minimum atomic E-state index is 1.30. The molecule has 0 radical (unpaired) electrons. The molecule has 0 amide bonds. The number of allylic oxidation sites excluding steroid dienone is 4. The van der Waals surface area contributed by atoms with Crippen molar-refractivity contribution in [2.24, 2.45) is 0 Å². The van der Waals surface area contributed by atoms with Crippen molar-refractivity contribution in [3.05, 3.63) is 24.3 Å². The van der Waals surface area contributed by atoms with E-state index < -0.39 is 0 Å². The summed E-state index contributed by atoms with van der Waals surface area (Å²) < 4.78 is 0. The van der Waals surface area contributed by atoms with E-state index in [-0.39, 0.29) is 0 Å². The van der Waals surface area contributed by atoms with Crippen LogP contribution in [0.4, 0.5) is 0 Å². The van der Waals surface area contributed by atoms with E-state index in [9.17, 15) is 0 Å². The first kappa shape index (κ1) is 37.5. The first-order valence-electron chi connectivity index (χ1n) is 18.2. The molecular weight excluding hydrogens is 456 g/mol. The third kappa shape index (κ3) is 35.5. The minimum Gasteiger partial charge on any atom is -0.0885 e. The predicted octanol–water partition coefficient (Wildman–Crippen LogP) is 14.6. The summed E-state index contributed by atoms with van der Waals surface area (Å²) in [5, 5.41) is 0. The Hall–Kier alpha value is -0.520. The van der Waals surface area contributed by atoms with E-state index in [0.717, 1.165) is 0 Å². The van der Waals surface area contributed by atoms with Gasteiger partial charge in [-0.15, -0.1) is 0 Å². The lowest BCUT2D eigenvalue weighted by atomic mass is 10.0. The van der Waals surface area contributed by atoms with E-state index in [2.05, 4.69) is 38.2 Å². The highest BCUT2D eigenvalue weighted by atomic mass is 14.0. The Bertz CT molecular complexity index is 445. The Balaban J connectivity index is 3.12. The second-order valence-corrected chi connectivity index (χ2v) is 12.3. The molecule has 0 rings (SSSR count). The largest absolute Gasteiger partial charge is 0.0885 e. The van der Waals surface area contributed by atoms with E-state index in [1.54, 1.807) is 0 Å². The third-order valence-electron chi connectivity index (χ3n) is 8.27. The molecule has 0 heteroatoms. The van der Waals surface area contributed by atoms with Gasteiger partial charge in [0.2, 0.25) is 0 Å². The summed E-state index contributed by atoms with van der Waals surface area (Å²) in [4.78, 5) is 0. The average molecular weight is 531 g/mol. The maximum atomic E-state index is 2.46. The first-order valence-corrected chi connectivity index (χ1v) is 18.2. The van der Waals surface area contributed by atoms with Crippen LogP contribution >= 0.6 is 0 Å². The summed E-state index contributed by atoms with van der Waals surface area (Å²) in [5.74, 6) is 0. The van der Waals surface area contributed by atoms with Crippen LogP contribution in [0.1, 0.15) is 219 Å². The number of hydrogen-bond donors (Lipinski definition) is 0. The Morgan fingerprint density at radius 2 is 0.368 bits per heavy atom. The molecule has 0 saturated heterocycles. The third-order valence-corrected chi connectivity index (χ3v) is 8.27. The summed E-state index contributed by atoms with van der Waals surface area (Å²) in [6.07, 6.45) is 55.4. The van der Waals surface area contributed by atoms with Crippen molar-refractivity contribution in [3.8, 4) is 0 Å². The fourth-order valence-electron chi connectivity index (χ4n) is 5.56. The van der Waals surface area contributed by atoms with Crippen molar-refractivity contribution in [2.75, 3.05) is 0 Å². The van der Waals surface area contributed by atoms with Crippen molar-refractivity contribution < 1.29 is 0 Å². The molecule has 0 heterocycles. The van der Waals surface area contributed by atoms with Crippen molar-refractivity contribution >= 4 is 0 Å². The summed E-state index contributed by atoms with van der Waals surface area (Å²) in [6, 6.07) is 0. The van der Waals surface area contributed by atoms with Gasteiger partial charge in [-0.05, 0) is 51.4 Å². The van der Waals surface area contributed by atoms with Crippen LogP contribution in [-0.4, -0.2) is 0 Å². The molecule has 0 aromatic carbocycles. The molecule has 0 N–H and O–H groups in total. The van der Waals surface area contributed by atoms with Gasteiger partial charge in [0.05, 0.1) is 0 Å². The highest BCUT2D eigenvalue weighted by Crippen LogP contribution is 2.15. The van der Waals surface area contributed by atoms with E-state index in [4.69, 9.17) is 0 Å². The Labute approximate surface area is 243 Å². The van der Waals surface area contributed by atoms with Gasteiger partial charge in [-0.2, -0.15) is 0 Å². The summed E-state index contributed by atoms with van der Waals surface area (Å²) in [7, 11) is 0. The van der Waals surface area contributed by atoms with Gasteiger partial charge in [0.1, 0.15) is 0 Å². The molecule has 0 aromatic rings. The quantitative estimate of drug-likeness (QED) is 0.0584. The fraction of sp³-hybridized carbons (Fsp3) is 0.895. The fourth-order valence-corrected chi connectivity index (χ4v) is 5.56. The molecule has 0 bridgehead atoms. The van der Waals surface area contributed by atoms with Crippen molar-refractivity contribution in [1.29, 1.82) is 0 Å². The van der Waals surface area contributed by atoms with Gasteiger partial charge in [0.25, 0.3) is 0 Å². The maximum Gasteiger partial charge on any atom is -0.0351 e. The second-order valence-electron chi connectivity index (χ2n) is 12.3. The van der Waals surface area contributed by atoms with Crippen LogP contribution in [0.15, 0.2) is 24.3 Å². The lowest BCUT2D eigenvalue weighted by Crippen LogP contribution is -1.83. The molecule has 0 aliphatic heterocycles. The Morgan fingerprint density at radius 1 is 0.211 bits per heavy atom. The van der Waals surface area contributed by atoms with Crippen LogP contribution in [0.5, 0.6) is 0 Å².